The minimum absolute atomic E-state index is 0.246. The van der Waals surface area contributed by atoms with Crippen LogP contribution in [-0.4, -0.2) is 17.5 Å². The lowest BCUT2D eigenvalue weighted by atomic mass is 9.97. The molecule has 1 N–H and O–H groups in total. The lowest BCUT2D eigenvalue weighted by molar-refractivity contribution is -0.152. The van der Waals surface area contributed by atoms with Crippen LogP contribution in [0.1, 0.15) is 27.2 Å². The van der Waals surface area contributed by atoms with Gasteiger partial charge in [0, 0.05) is 6.42 Å². The Hall–Kier alpha value is -0.730. The number of carbonyl (C=O) groups is 1. The van der Waals surface area contributed by atoms with Crippen LogP contribution in [0.15, 0.2) is 11.9 Å². The van der Waals surface area contributed by atoms with Gasteiger partial charge in [0.15, 0.2) is 5.82 Å². The standard InChI is InChI=1S/C9H15O4P/c1-9(2,3)8(10)13-6-4-5-7-14(11)12/h5,7H,4,6H2,1-3H3/p+1/b7-5+. The maximum Gasteiger partial charge on any atom is 0.537 e. The first-order valence-corrected chi connectivity index (χ1v) is 5.61. The van der Waals surface area contributed by atoms with Crippen molar-refractivity contribution in [1.82, 2.24) is 0 Å². The fourth-order valence-corrected chi connectivity index (χ4v) is 0.930. The molecule has 0 heterocycles. The first-order valence-electron chi connectivity index (χ1n) is 4.33. The highest BCUT2D eigenvalue weighted by Crippen LogP contribution is 2.16. The summed E-state index contributed by atoms with van der Waals surface area (Å²) in [6.07, 6.45) is 1.98. The summed E-state index contributed by atoms with van der Waals surface area (Å²) in [5.41, 5.74) is -0.494. The van der Waals surface area contributed by atoms with E-state index in [1.165, 1.54) is 11.9 Å². The molecular formula is C9H16O4P+. The SMILES string of the molecule is CC(C)(C)C(=O)OCC/C=C/[P+](=O)O. The molecule has 0 rings (SSSR count). The zero-order valence-corrected chi connectivity index (χ0v) is 9.58. The van der Waals surface area contributed by atoms with Gasteiger partial charge in [-0.25, -0.2) is 0 Å². The summed E-state index contributed by atoms with van der Waals surface area (Å²) in [5, 5.41) is 0. The lowest BCUT2D eigenvalue weighted by Crippen LogP contribution is -2.23. The van der Waals surface area contributed by atoms with Gasteiger partial charge in [0.25, 0.3) is 0 Å². The second-order valence-corrected chi connectivity index (χ2v) is 4.77. The van der Waals surface area contributed by atoms with Crippen molar-refractivity contribution >= 4 is 14.0 Å². The maximum atomic E-state index is 11.2. The first-order chi connectivity index (χ1) is 6.34. The molecule has 0 aromatic rings. The van der Waals surface area contributed by atoms with E-state index in [1.807, 2.05) is 0 Å². The van der Waals surface area contributed by atoms with Gasteiger partial charge in [-0.15, -0.1) is 0 Å². The van der Waals surface area contributed by atoms with Gasteiger partial charge in [-0.1, -0.05) is 0 Å². The monoisotopic (exact) mass is 219 g/mol. The van der Waals surface area contributed by atoms with E-state index in [9.17, 15) is 9.36 Å². The van der Waals surface area contributed by atoms with Crippen molar-refractivity contribution in [3.05, 3.63) is 11.9 Å². The number of hydrogen-bond acceptors (Lipinski definition) is 3. The zero-order valence-electron chi connectivity index (χ0n) is 8.69. The van der Waals surface area contributed by atoms with E-state index >= 15 is 0 Å². The van der Waals surface area contributed by atoms with E-state index in [0.717, 1.165) is 0 Å². The Morgan fingerprint density at radius 2 is 2.07 bits per heavy atom. The summed E-state index contributed by atoms with van der Waals surface area (Å²) < 4.78 is 15.1. The van der Waals surface area contributed by atoms with Gasteiger partial charge in [-0.2, -0.15) is 4.89 Å². The summed E-state index contributed by atoms with van der Waals surface area (Å²) >= 11 is 0. The molecule has 14 heavy (non-hydrogen) atoms. The summed E-state index contributed by atoms with van der Waals surface area (Å²) in [6.45, 7) is 5.57. The Morgan fingerprint density at radius 3 is 2.50 bits per heavy atom. The summed E-state index contributed by atoms with van der Waals surface area (Å²) in [7, 11) is -2.23. The Morgan fingerprint density at radius 1 is 1.50 bits per heavy atom. The highest BCUT2D eigenvalue weighted by Gasteiger charge is 2.22. The molecular weight excluding hydrogens is 203 g/mol. The zero-order chi connectivity index (χ0) is 11.2. The summed E-state index contributed by atoms with van der Waals surface area (Å²) in [5.74, 6) is 0.916. The highest BCUT2D eigenvalue weighted by molar-refractivity contribution is 7.41. The maximum absolute atomic E-state index is 11.2. The predicted octanol–water partition coefficient (Wildman–Crippen LogP) is 2.21. The molecule has 80 valence electrons. The first kappa shape index (κ1) is 13.3. The molecule has 1 atom stereocenters. The van der Waals surface area contributed by atoms with Crippen molar-refractivity contribution in [3.63, 3.8) is 0 Å². The second kappa shape index (κ2) is 5.89. The van der Waals surface area contributed by atoms with Crippen molar-refractivity contribution in [1.29, 1.82) is 0 Å². The van der Waals surface area contributed by atoms with E-state index in [0.29, 0.717) is 6.42 Å². The molecule has 0 bridgehead atoms. The van der Waals surface area contributed by atoms with Crippen LogP contribution in [0.3, 0.4) is 0 Å². The minimum atomic E-state index is -2.23. The van der Waals surface area contributed by atoms with Crippen molar-refractivity contribution in [2.24, 2.45) is 5.41 Å². The van der Waals surface area contributed by atoms with E-state index in [2.05, 4.69) is 0 Å². The smallest absolute Gasteiger partial charge is 0.465 e. The van der Waals surface area contributed by atoms with Crippen LogP contribution in [-0.2, 0) is 14.1 Å². The van der Waals surface area contributed by atoms with Gasteiger partial charge in [0.2, 0.25) is 0 Å². The summed E-state index contributed by atoms with van der Waals surface area (Å²) in [6, 6.07) is 0. The van der Waals surface area contributed by atoms with Crippen LogP contribution in [0.5, 0.6) is 0 Å². The molecule has 1 unspecified atom stereocenters. The Bertz CT molecular complexity index is 240. The normalized spacial score (nSPS) is 13.0. The third kappa shape index (κ3) is 6.75. The average molecular weight is 219 g/mol. The Balaban J connectivity index is 3.66. The molecule has 0 radical (unpaired) electrons. The molecule has 4 nitrogen and oxygen atoms in total. The number of rotatable bonds is 4. The van der Waals surface area contributed by atoms with E-state index in [1.54, 1.807) is 20.8 Å². The molecule has 0 aliphatic rings. The summed E-state index contributed by atoms with van der Waals surface area (Å²) in [4.78, 5) is 19.6. The van der Waals surface area contributed by atoms with Gasteiger partial charge >= 0.3 is 14.0 Å². The third-order valence-corrected chi connectivity index (χ3v) is 1.83. The Labute approximate surface area is 84.8 Å². The van der Waals surface area contributed by atoms with Gasteiger partial charge in [-0.05, 0) is 31.4 Å². The second-order valence-electron chi connectivity index (χ2n) is 3.86. The topological polar surface area (TPSA) is 63.6 Å². The van der Waals surface area contributed by atoms with E-state index in [4.69, 9.17) is 9.63 Å². The predicted molar refractivity (Wildman–Crippen MR) is 54.0 cm³/mol. The van der Waals surface area contributed by atoms with Crippen molar-refractivity contribution in [3.8, 4) is 0 Å². The molecule has 0 saturated carbocycles. The fourth-order valence-electron chi connectivity index (χ4n) is 0.601. The molecule has 0 aliphatic heterocycles. The number of hydrogen-bond donors (Lipinski definition) is 1. The molecule has 0 spiro atoms. The van der Waals surface area contributed by atoms with Crippen LogP contribution >= 0.6 is 8.03 Å². The van der Waals surface area contributed by atoms with E-state index in [-0.39, 0.29) is 12.6 Å². The quantitative estimate of drug-likeness (QED) is 0.447. The molecule has 0 aromatic heterocycles. The van der Waals surface area contributed by atoms with Crippen molar-refractivity contribution in [2.45, 2.75) is 27.2 Å². The van der Waals surface area contributed by atoms with Crippen LogP contribution < -0.4 is 0 Å². The van der Waals surface area contributed by atoms with Crippen LogP contribution in [0.25, 0.3) is 0 Å². The largest absolute Gasteiger partial charge is 0.537 e. The average Bonchev–Trinajstić information content (AvgIpc) is 2.01. The van der Waals surface area contributed by atoms with Gasteiger partial charge in [-0.3, -0.25) is 4.79 Å². The molecule has 0 aromatic carbocycles. The molecule has 0 fully saturated rings. The lowest BCUT2D eigenvalue weighted by Gasteiger charge is -2.15. The molecule has 0 aliphatic carbocycles. The number of esters is 1. The number of carbonyl (C=O) groups excluding carboxylic acids is 1. The van der Waals surface area contributed by atoms with Crippen LogP contribution in [0.2, 0.25) is 0 Å². The molecule has 0 saturated heterocycles. The number of ether oxygens (including phenoxy) is 1. The van der Waals surface area contributed by atoms with Gasteiger partial charge in [0.1, 0.15) is 0 Å². The van der Waals surface area contributed by atoms with Crippen molar-refractivity contribution < 1.29 is 19.0 Å². The Kier molecular flexibility index (Phi) is 5.58. The van der Waals surface area contributed by atoms with Crippen LogP contribution in [0.4, 0.5) is 0 Å². The molecule has 0 amide bonds. The van der Waals surface area contributed by atoms with E-state index < -0.39 is 13.4 Å². The highest BCUT2D eigenvalue weighted by atomic mass is 31.1. The molecule has 5 heteroatoms. The van der Waals surface area contributed by atoms with Crippen LogP contribution in [0, 0.1) is 5.41 Å². The third-order valence-electron chi connectivity index (χ3n) is 1.36. The minimum Gasteiger partial charge on any atom is -0.465 e. The van der Waals surface area contributed by atoms with Crippen molar-refractivity contribution in [2.75, 3.05) is 6.61 Å². The van der Waals surface area contributed by atoms with Gasteiger partial charge < -0.3 is 4.74 Å². The van der Waals surface area contributed by atoms with Gasteiger partial charge in [0.05, 0.1) is 12.0 Å². The fraction of sp³-hybridized carbons (Fsp3) is 0.667.